The molecule has 1 aliphatic rings. The molecular weight excluding hydrogens is 262 g/mol. The molecule has 0 spiro atoms. The molecule has 0 saturated carbocycles. The quantitative estimate of drug-likeness (QED) is 0.660. The van der Waals surface area contributed by atoms with Crippen LogP contribution in [0.1, 0.15) is 42.1 Å². The maximum absolute atomic E-state index is 5.95. The van der Waals surface area contributed by atoms with Crippen LogP contribution in [0.2, 0.25) is 0 Å². The minimum atomic E-state index is -0.0645. The van der Waals surface area contributed by atoms with E-state index in [4.69, 9.17) is 10.6 Å². The molecule has 0 bridgehead atoms. The fourth-order valence-corrected chi connectivity index (χ4v) is 3.29. The van der Waals surface area contributed by atoms with Gasteiger partial charge in [0.2, 0.25) is 0 Å². The standard InChI is InChI=1S/C17H29N3O/c1-12-10-14(3)15(11-13(12)2)16(19-18)17(4,5)20-6-8-21-9-7-20/h10-11,16,19H,6-9,18H2,1-5H3. The van der Waals surface area contributed by atoms with E-state index in [0.717, 1.165) is 26.3 Å². The largest absolute Gasteiger partial charge is 0.379 e. The van der Waals surface area contributed by atoms with Crippen LogP contribution in [0.15, 0.2) is 12.1 Å². The predicted octanol–water partition coefficient (Wildman–Crippen LogP) is 2.23. The van der Waals surface area contributed by atoms with E-state index in [-0.39, 0.29) is 11.6 Å². The Morgan fingerprint density at radius 1 is 1.10 bits per heavy atom. The van der Waals surface area contributed by atoms with E-state index in [1.165, 1.54) is 22.3 Å². The highest BCUT2D eigenvalue weighted by atomic mass is 16.5. The molecule has 21 heavy (non-hydrogen) atoms. The van der Waals surface area contributed by atoms with Gasteiger partial charge in [-0.15, -0.1) is 0 Å². The Morgan fingerprint density at radius 3 is 2.24 bits per heavy atom. The van der Waals surface area contributed by atoms with Crippen molar-refractivity contribution < 1.29 is 4.74 Å². The first kappa shape index (κ1) is 16.4. The highest BCUT2D eigenvalue weighted by molar-refractivity contribution is 5.39. The minimum absolute atomic E-state index is 0.0645. The molecule has 1 fully saturated rings. The van der Waals surface area contributed by atoms with Crippen molar-refractivity contribution in [1.82, 2.24) is 10.3 Å². The van der Waals surface area contributed by atoms with Gasteiger partial charge in [-0.2, -0.15) is 0 Å². The van der Waals surface area contributed by atoms with Crippen molar-refractivity contribution in [3.8, 4) is 0 Å². The Morgan fingerprint density at radius 2 is 1.67 bits per heavy atom. The molecular formula is C17H29N3O. The molecule has 0 amide bonds. The van der Waals surface area contributed by atoms with Crippen LogP contribution in [-0.4, -0.2) is 36.7 Å². The minimum Gasteiger partial charge on any atom is -0.379 e. The Balaban J connectivity index is 2.36. The first-order chi connectivity index (χ1) is 9.87. The summed E-state index contributed by atoms with van der Waals surface area (Å²) in [7, 11) is 0. The highest BCUT2D eigenvalue weighted by Crippen LogP contribution is 2.33. The van der Waals surface area contributed by atoms with E-state index in [0.29, 0.717) is 0 Å². The van der Waals surface area contributed by atoms with E-state index in [9.17, 15) is 0 Å². The lowest BCUT2D eigenvalue weighted by atomic mass is 9.83. The number of nitrogens with one attached hydrogen (secondary N) is 1. The maximum atomic E-state index is 5.95. The zero-order valence-corrected chi connectivity index (χ0v) is 14.0. The van der Waals surface area contributed by atoms with E-state index < -0.39 is 0 Å². The summed E-state index contributed by atoms with van der Waals surface area (Å²) in [4.78, 5) is 2.47. The van der Waals surface area contributed by atoms with Gasteiger partial charge in [-0.05, 0) is 56.9 Å². The molecule has 1 heterocycles. The van der Waals surface area contributed by atoms with Gasteiger partial charge in [0.15, 0.2) is 0 Å². The molecule has 1 aromatic carbocycles. The third-order valence-electron chi connectivity index (χ3n) is 4.89. The van der Waals surface area contributed by atoms with Crippen LogP contribution in [0.4, 0.5) is 0 Å². The van der Waals surface area contributed by atoms with Crippen LogP contribution in [0.5, 0.6) is 0 Å². The zero-order chi connectivity index (χ0) is 15.6. The number of hydrogen-bond acceptors (Lipinski definition) is 4. The Bertz CT molecular complexity index is 493. The predicted molar refractivity (Wildman–Crippen MR) is 87.2 cm³/mol. The van der Waals surface area contributed by atoms with Crippen LogP contribution in [-0.2, 0) is 4.74 Å². The number of aryl methyl sites for hydroxylation is 3. The smallest absolute Gasteiger partial charge is 0.0641 e. The number of nitrogens with two attached hydrogens (primary N) is 1. The average Bonchev–Trinajstić information content (AvgIpc) is 2.46. The molecule has 1 aromatic rings. The molecule has 0 aliphatic carbocycles. The van der Waals surface area contributed by atoms with Crippen molar-refractivity contribution in [2.75, 3.05) is 26.3 Å². The topological polar surface area (TPSA) is 50.5 Å². The van der Waals surface area contributed by atoms with Gasteiger partial charge >= 0.3 is 0 Å². The summed E-state index contributed by atoms with van der Waals surface area (Å²) >= 11 is 0. The molecule has 1 atom stereocenters. The van der Waals surface area contributed by atoms with Crippen LogP contribution in [0.25, 0.3) is 0 Å². The monoisotopic (exact) mass is 291 g/mol. The fourth-order valence-electron chi connectivity index (χ4n) is 3.29. The average molecular weight is 291 g/mol. The van der Waals surface area contributed by atoms with Crippen molar-refractivity contribution in [3.05, 3.63) is 34.4 Å². The summed E-state index contributed by atoms with van der Waals surface area (Å²) in [5, 5.41) is 0. The number of hydrazine groups is 1. The summed E-state index contributed by atoms with van der Waals surface area (Å²) in [6, 6.07) is 4.62. The molecule has 0 aromatic heterocycles. The molecule has 3 N–H and O–H groups in total. The van der Waals surface area contributed by atoms with Crippen molar-refractivity contribution in [1.29, 1.82) is 0 Å². The van der Waals surface area contributed by atoms with E-state index in [1.54, 1.807) is 0 Å². The first-order valence-electron chi connectivity index (χ1n) is 7.74. The third kappa shape index (κ3) is 3.29. The lowest BCUT2D eigenvalue weighted by Gasteiger charge is -2.46. The van der Waals surface area contributed by atoms with Gasteiger partial charge < -0.3 is 4.74 Å². The molecule has 1 saturated heterocycles. The van der Waals surface area contributed by atoms with Gasteiger partial charge in [0.05, 0.1) is 19.3 Å². The summed E-state index contributed by atoms with van der Waals surface area (Å²) in [6.45, 7) is 14.5. The lowest BCUT2D eigenvalue weighted by Crippen LogP contribution is -2.57. The first-order valence-corrected chi connectivity index (χ1v) is 7.74. The Hall–Kier alpha value is -0.940. The lowest BCUT2D eigenvalue weighted by molar-refractivity contribution is -0.0239. The van der Waals surface area contributed by atoms with Gasteiger partial charge in [0, 0.05) is 18.6 Å². The van der Waals surface area contributed by atoms with E-state index >= 15 is 0 Å². The third-order valence-corrected chi connectivity index (χ3v) is 4.89. The van der Waals surface area contributed by atoms with Gasteiger partial charge in [-0.1, -0.05) is 12.1 Å². The highest BCUT2D eigenvalue weighted by Gasteiger charge is 2.37. The number of rotatable bonds is 4. The fraction of sp³-hybridized carbons (Fsp3) is 0.647. The number of nitrogens with zero attached hydrogens (tertiary/aromatic N) is 1. The number of benzene rings is 1. The molecule has 1 unspecified atom stereocenters. The normalized spacial score (nSPS) is 18.8. The second-order valence-electron chi connectivity index (χ2n) is 6.65. The molecule has 4 heteroatoms. The second-order valence-corrected chi connectivity index (χ2v) is 6.65. The Labute approximate surface area is 128 Å². The van der Waals surface area contributed by atoms with Crippen molar-refractivity contribution >= 4 is 0 Å². The second kappa shape index (κ2) is 6.44. The van der Waals surface area contributed by atoms with Crippen LogP contribution < -0.4 is 11.3 Å². The number of hydrogen-bond donors (Lipinski definition) is 2. The van der Waals surface area contributed by atoms with Crippen molar-refractivity contribution in [2.45, 2.75) is 46.2 Å². The summed E-state index contributed by atoms with van der Waals surface area (Å²) < 4.78 is 5.48. The Kier molecular flexibility index (Phi) is 5.04. The molecule has 4 nitrogen and oxygen atoms in total. The van der Waals surface area contributed by atoms with Gasteiger partial charge in [-0.25, -0.2) is 0 Å². The summed E-state index contributed by atoms with van der Waals surface area (Å²) in [5.74, 6) is 5.95. The van der Waals surface area contributed by atoms with Gasteiger partial charge in [-0.3, -0.25) is 16.2 Å². The van der Waals surface area contributed by atoms with Gasteiger partial charge in [0.1, 0.15) is 0 Å². The number of ether oxygens (including phenoxy) is 1. The zero-order valence-electron chi connectivity index (χ0n) is 14.0. The summed E-state index contributed by atoms with van der Waals surface area (Å²) in [5.41, 5.74) is 8.22. The molecule has 118 valence electrons. The van der Waals surface area contributed by atoms with Gasteiger partial charge in [0.25, 0.3) is 0 Å². The molecule has 2 rings (SSSR count). The van der Waals surface area contributed by atoms with E-state index in [1.807, 2.05) is 0 Å². The maximum Gasteiger partial charge on any atom is 0.0641 e. The molecule has 1 aliphatic heterocycles. The SMILES string of the molecule is Cc1cc(C)c(C(NN)C(C)(C)N2CCOCC2)cc1C. The van der Waals surface area contributed by atoms with Crippen LogP contribution >= 0.6 is 0 Å². The van der Waals surface area contributed by atoms with Crippen LogP contribution in [0, 0.1) is 20.8 Å². The van der Waals surface area contributed by atoms with Crippen molar-refractivity contribution in [2.24, 2.45) is 5.84 Å². The van der Waals surface area contributed by atoms with E-state index in [2.05, 4.69) is 57.1 Å². The number of morpholine rings is 1. The summed E-state index contributed by atoms with van der Waals surface area (Å²) in [6.07, 6.45) is 0. The molecule has 0 radical (unpaired) electrons. The van der Waals surface area contributed by atoms with Crippen molar-refractivity contribution in [3.63, 3.8) is 0 Å². The van der Waals surface area contributed by atoms with Crippen LogP contribution in [0.3, 0.4) is 0 Å².